The summed E-state index contributed by atoms with van der Waals surface area (Å²) in [5, 5.41) is 2.83. The number of aryl methyl sites for hydroxylation is 3. The molecule has 1 atom stereocenters. The van der Waals surface area contributed by atoms with Crippen molar-refractivity contribution in [2.75, 3.05) is 13.7 Å². The van der Waals surface area contributed by atoms with Gasteiger partial charge in [0.05, 0.1) is 19.4 Å². The molecule has 1 rings (SSSR count). The minimum Gasteiger partial charge on any atom is -0.469 e. The van der Waals surface area contributed by atoms with Crippen molar-refractivity contribution < 1.29 is 14.3 Å². The first kappa shape index (κ1) is 17.2. The van der Waals surface area contributed by atoms with Gasteiger partial charge in [0.15, 0.2) is 0 Å². The Balaban J connectivity index is 2.64. The molecule has 1 unspecified atom stereocenters. The molecule has 4 nitrogen and oxygen atoms in total. The van der Waals surface area contributed by atoms with Crippen LogP contribution in [0, 0.1) is 26.7 Å². The summed E-state index contributed by atoms with van der Waals surface area (Å²) in [7, 11) is 1.37. The number of ether oxygens (including phenoxy) is 1. The van der Waals surface area contributed by atoms with Crippen molar-refractivity contribution in [3.05, 3.63) is 34.4 Å². The fourth-order valence-corrected chi connectivity index (χ4v) is 2.51. The number of hydrogen-bond acceptors (Lipinski definition) is 3. The smallest absolute Gasteiger partial charge is 0.310 e. The molecule has 0 bridgehead atoms. The zero-order chi connectivity index (χ0) is 16.0. The van der Waals surface area contributed by atoms with E-state index in [4.69, 9.17) is 4.74 Å². The third-order valence-electron chi connectivity index (χ3n) is 3.75. The highest BCUT2D eigenvalue weighted by atomic mass is 16.5. The van der Waals surface area contributed by atoms with E-state index < -0.39 is 0 Å². The van der Waals surface area contributed by atoms with E-state index in [0.29, 0.717) is 19.4 Å². The van der Waals surface area contributed by atoms with Gasteiger partial charge in [0.2, 0.25) is 5.91 Å². The molecule has 1 aromatic rings. The van der Waals surface area contributed by atoms with Gasteiger partial charge in [0, 0.05) is 6.54 Å². The van der Waals surface area contributed by atoms with Crippen molar-refractivity contribution in [3.8, 4) is 0 Å². The van der Waals surface area contributed by atoms with Crippen LogP contribution in [0.4, 0.5) is 0 Å². The lowest BCUT2D eigenvalue weighted by Gasteiger charge is -2.15. The van der Waals surface area contributed by atoms with Crippen LogP contribution in [-0.4, -0.2) is 25.5 Å². The Kier molecular flexibility index (Phi) is 6.40. The highest BCUT2D eigenvalue weighted by Crippen LogP contribution is 2.17. The molecule has 21 heavy (non-hydrogen) atoms. The Morgan fingerprint density at radius 1 is 1.19 bits per heavy atom. The summed E-state index contributed by atoms with van der Waals surface area (Å²) in [6.07, 6.45) is 0.991. The Labute approximate surface area is 126 Å². The largest absolute Gasteiger partial charge is 0.469 e. The van der Waals surface area contributed by atoms with Crippen molar-refractivity contribution in [2.24, 2.45) is 5.92 Å². The van der Waals surface area contributed by atoms with Crippen LogP contribution in [0.3, 0.4) is 0 Å². The van der Waals surface area contributed by atoms with E-state index in [1.807, 2.05) is 27.7 Å². The molecule has 116 valence electrons. The number of rotatable bonds is 6. The molecule has 0 saturated heterocycles. The van der Waals surface area contributed by atoms with E-state index in [0.717, 1.165) is 16.7 Å². The maximum absolute atomic E-state index is 12.1. The van der Waals surface area contributed by atoms with Crippen molar-refractivity contribution in [2.45, 2.75) is 40.5 Å². The third kappa shape index (κ3) is 4.88. The van der Waals surface area contributed by atoms with Gasteiger partial charge in [-0.2, -0.15) is 0 Å². The van der Waals surface area contributed by atoms with Crippen molar-refractivity contribution >= 4 is 11.9 Å². The highest BCUT2D eigenvalue weighted by Gasteiger charge is 2.18. The monoisotopic (exact) mass is 291 g/mol. The first-order valence-electron chi connectivity index (χ1n) is 7.30. The summed E-state index contributed by atoms with van der Waals surface area (Å²) in [6.45, 7) is 8.32. The van der Waals surface area contributed by atoms with Crippen LogP contribution < -0.4 is 5.32 Å². The van der Waals surface area contributed by atoms with Crippen LogP contribution >= 0.6 is 0 Å². The van der Waals surface area contributed by atoms with Crippen LogP contribution in [0.2, 0.25) is 0 Å². The number of hydrogen-bond donors (Lipinski definition) is 1. The van der Waals surface area contributed by atoms with Crippen LogP contribution in [0.25, 0.3) is 0 Å². The summed E-state index contributed by atoms with van der Waals surface area (Å²) < 4.78 is 4.71. The molecule has 0 radical (unpaired) electrons. The van der Waals surface area contributed by atoms with E-state index in [-0.39, 0.29) is 17.8 Å². The number of esters is 1. The molecule has 0 aromatic heterocycles. The average molecular weight is 291 g/mol. The van der Waals surface area contributed by atoms with Crippen molar-refractivity contribution in [3.63, 3.8) is 0 Å². The molecule has 0 aliphatic carbocycles. The fourth-order valence-electron chi connectivity index (χ4n) is 2.51. The van der Waals surface area contributed by atoms with Gasteiger partial charge in [0.25, 0.3) is 0 Å². The molecule has 0 fully saturated rings. The number of methoxy groups -OCH3 is 1. The standard InChI is InChI=1S/C17H25NO3/c1-6-14(17(20)21-5)10-18-16(19)9-15-12(3)7-11(2)8-13(15)4/h7-8,14H,6,9-10H2,1-5H3,(H,18,19). The summed E-state index contributed by atoms with van der Waals surface area (Å²) >= 11 is 0. The number of carbonyl (C=O) groups is 2. The molecular weight excluding hydrogens is 266 g/mol. The maximum atomic E-state index is 12.1. The van der Waals surface area contributed by atoms with E-state index in [1.54, 1.807) is 0 Å². The molecule has 1 amide bonds. The Morgan fingerprint density at radius 3 is 2.24 bits per heavy atom. The van der Waals surface area contributed by atoms with Gasteiger partial charge in [-0.05, 0) is 43.9 Å². The number of nitrogens with one attached hydrogen (secondary N) is 1. The Morgan fingerprint density at radius 2 is 1.76 bits per heavy atom. The topological polar surface area (TPSA) is 55.4 Å². The quantitative estimate of drug-likeness (QED) is 0.819. The normalized spacial score (nSPS) is 11.9. The molecule has 0 aliphatic heterocycles. The van der Waals surface area contributed by atoms with Crippen LogP contribution in [0.15, 0.2) is 12.1 Å². The minimum atomic E-state index is -0.279. The lowest BCUT2D eigenvalue weighted by molar-refractivity contribution is -0.145. The number of benzene rings is 1. The predicted molar refractivity (Wildman–Crippen MR) is 83.2 cm³/mol. The van der Waals surface area contributed by atoms with Crippen LogP contribution in [-0.2, 0) is 20.7 Å². The summed E-state index contributed by atoms with van der Waals surface area (Å²) in [4.78, 5) is 23.6. The average Bonchev–Trinajstić information content (AvgIpc) is 2.43. The highest BCUT2D eigenvalue weighted by molar-refractivity contribution is 5.80. The first-order valence-corrected chi connectivity index (χ1v) is 7.30. The van der Waals surface area contributed by atoms with Gasteiger partial charge < -0.3 is 10.1 Å². The summed E-state index contributed by atoms with van der Waals surface area (Å²) in [5.74, 6) is -0.618. The molecule has 1 aromatic carbocycles. The maximum Gasteiger partial charge on any atom is 0.310 e. The van der Waals surface area contributed by atoms with Gasteiger partial charge in [-0.3, -0.25) is 9.59 Å². The van der Waals surface area contributed by atoms with Crippen molar-refractivity contribution in [1.82, 2.24) is 5.32 Å². The molecule has 1 N–H and O–H groups in total. The van der Waals surface area contributed by atoms with Gasteiger partial charge in [-0.15, -0.1) is 0 Å². The van der Waals surface area contributed by atoms with Gasteiger partial charge in [-0.1, -0.05) is 24.6 Å². The fraction of sp³-hybridized carbons (Fsp3) is 0.529. The SMILES string of the molecule is CCC(CNC(=O)Cc1c(C)cc(C)cc1C)C(=O)OC. The van der Waals surface area contributed by atoms with E-state index in [1.165, 1.54) is 12.7 Å². The summed E-state index contributed by atoms with van der Waals surface area (Å²) in [5.41, 5.74) is 4.51. The minimum absolute atomic E-state index is 0.0626. The molecule has 0 spiro atoms. The lowest BCUT2D eigenvalue weighted by atomic mass is 9.97. The zero-order valence-electron chi connectivity index (χ0n) is 13.6. The van der Waals surface area contributed by atoms with Gasteiger partial charge in [-0.25, -0.2) is 0 Å². The zero-order valence-corrected chi connectivity index (χ0v) is 13.6. The van der Waals surface area contributed by atoms with Gasteiger partial charge >= 0.3 is 5.97 Å². The van der Waals surface area contributed by atoms with Crippen LogP contribution in [0.1, 0.15) is 35.6 Å². The molecular formula is C17H25NO3. The summed E-state index contributed by atoms with van der Waals surface area (Å²) in [6, 6.07) is 4.16. The molecule has 0 heterocycles. The molecule has 0 saturated carbocycles. The third-order valence-corrected chi connectivity index (χ3v) is 3.75. The van der Waals surface area contributed by atoms with Gasteiger partial charge in [0.1, 0.15) is 0 Å². The number of carbonyl (C=O) groups excluding carboxylic acids is 2. The van der Waals surface area contributed by atoms with Crippen molar-refractivity contribution in [1.29, 1.82) is 0 Å². The van der Waals surface area contributed by atoms with E-state index in [9.17, 15) is 9.59 Å². The Bertz CT molecular complexity index is 500. The second kappa shape index (κ2) is 7.81. The van der Waals surface area contributed by atoms with E-state index in [2.05, 4.69) is 17.4 Å². The predicted octanol–water partition coefficient (Wildman–Crippen LogP) is 2.47. The lowest BCUT2D eigenvalue weighted by Crippen LogP contribution is -2.34. The molecule has 4 heteroatoms. The van der Waals surface area contributed by atoms with E-state index >= 15 is 0 Å². The first-order chi connectivity index (χ1) is 9.88. The second-order valence-corrected chi connectivity index (χ2v) is 5.49. The molecule has 0 aliphatic rings. The number of amides is 1. The van der Waals surface area contributed by atoms with Crippen LogP contribution in [0.5, 0.6) is 0 Å². The Hall–Kier alpha value is -1.84. The second-order valence-electron chi connectivity index (χ2n) is 5.49.